The summed E-state index contributed by atoms with van der Waals surface area (Å²) in [6, 6.07) is 8.42. The Kier molecular flexibility index (Phi) is 2.63. The minimum Gasteiger partial charge on any atom is -0.336 e. The molecule has 0 saturated carbocycles. The van der Waals surface area contributed by atoms with Crippen LogP contribution in [0.1, 0.15) is 29.7 Å². The number of nitriles is 1. The summed E-state index contributed by atoms with van der Waals surface area (Å²) in [5.74, 6) is 0.0528. The van der Waals surface area contributed by atoms with Crippen LogP contribution >= 0.6 is 0 Å². The summed E-state index contributed by atoms with van der Waals surface area (Å²) in [7, 11) is 0. The summed E-state index contributed by atoms with van der Waals surface area (Å²) < 4.78 is 5.20. The van der Waals surface area contributed by atoms with Crippen molar-refractivity contribution < 1.29 is 4.52 Å². The van der Waals surface area contributed by atoms with E-state index in [1.807, 2.05) is 26.0 Å². The molecule has 0 radical (unpaired) electrons. The number of hydrogen-bond acceptors (Lipinski definition) is 5. The molecule has 1 N–H and O–H groups in total. The predicted octanol–water partition coefficient (Wildman–Crippen LogP) is 3.24. The SMILES string of the molecule is CC1=Nc2oncc2C(c2ccc3n[nH]c(C)c3c2)C1C#N. The van der Waals surface area contributed by atoms with Crippen LogP contribution in [0.5, 0.6) is 0 Å². The van der Waals surface area contributed by atoms with Gasteiger partial charge in [-0.2, -0.15) is 10.4 Å². The van der Waals surface area contributed by atoms with Gasteiger partial charge < -0.3 is 4.52 Å². The summed E-state index contributed by atoms with van der Waals surface area (Å²) in [5, 5.41) is 21.7. The molecule has 3 heterocycles. The van der Waals surface area contributed by atoms with Gasteiger partial charge in [-0.3, -0.25) is 5.10 Å². The Morgan fingerprint density at radius 1 is 1.32 bits per heavy atom. The van der Waals surface area contributed by atoms with Gasteiger partial charge in [-0.05, 0) is 31.5 Å². The van der Waals surface area contributed by atoms with Crippen molar-refractivity contribution >= 4 is 22.5 Å². The van der Waals surface area contributed by atoms with Crippen molar-refractivity contribution in [3.63, 3.8) is 0 Å². The van der Waals surface area contributed by atoms with Crippen molar-refractivity contribution in [2.45, 2.75) is 19.8 Å². The molecule has 0 spiro atoms. The summed E-state index contributed by atoms with van der Waals surface area (Å²) in [6.45, 7) is 3.84. The first-order valence-electron chi connectivity index (χ1n) is 7.03. The van der Waals surface area contributed by atoms with Crippen LogP contribution in [-0.4, -0.2) is 21.1 Å². The first-order valence-corrected chi connectivity index (χ1v) is 7.03. The van der Waals surface area contributed by atoms with E-state index in [9.17, 15) is 5.26 Å². The first-order chi connectivity index (χ1) is 10.7. The van der Waals surface area contributed by atoms with Crippen LogP contribution in [0.25, 0.3) is 10.9 Å². The van der Waals surface area contributed by atoms with Gasteiger partial charge in [0.25, 0.3) is 5.88 Å². The number of nitrogens with zero attached hydrogens (tertiary/aromatic N) is 4. The molecule has 0 aliphatic carbocycles. The van der Waals surface area contributed by atoms with Crippen molar-refractivity contribution in [1.29, 1.82) is 5.26 Å². The van der Waals surface area contributed by atoms with Crippen LogP contribution in [0.4, 0.5) is 5.88 Å². The van der Waals surface area contributed by atoms with Gasteiger partial charge in [0.1, 0.15) is 0 Å². The van der Waals surface area contributed by atoms with Gasteiger partial charge in [-0.1, -0.05) is 11.2 Å². The molecule has 1 aliphatic heterocycles. The minimum atomic E-state index is -0.323. The van der Waals surface area contributed by atoms with E-state index in [0.717, 1.165) is 33.4 Å². The van der Waals surface area contributed by atoms with Crippen molar-refractivity contribution in [3.8, 4) is 6.07 Å². The van der Waals surface area contributed by atoms with Crippen molar-refractivity contribution in [2.24, 2.45) is 10.9 Å². The van der Waals surface area contributed by atoms with E-state index in [2.05, 4.69) is 32.5 Å². The zero-order chi connectivity index (χ0) is 15.3. The van der Waals surface area contributed by atoms with Gasteiger partial charge >= 0.3 is 0 Å². The Morgan fingerprint density at radius 3 is 3.00 bits per heavy atom. The van der Waals surface area contributed by atoms with Crippen molar-refractivity contribution in [3.05, 3.63) is 41.2 Å². The highest BCUT2D eigenvalue weighted by atomic mass is 16.5. The van der Waals surface area contributed by atoms with E-state index in [4.69, 9.17) is 4.52 Å². The van der Waals surface area contributed by atoms with Crippen LogP contribution in [-0.2, 0) is 0 Å². The zero-order valence-electron chi connectivity index (χ0n) is 12.2. The van der Waals surface area contributed by atoms with Gasteiger partial charge in [0.2, 0.25) is 0 Å². The molecule has 2 aromatic heterocycles. The minimum absolute atomic E-state index is 0.123. The second-order valence-corrected chi connectivity index (χ2v) is 5.55. The number of aromatic amines is 1. The number of aliphatic imine (C=N–C) groups is 1. The number of hydrogen-bond donors (Lipinski definition) is 1. The molecule has 4 rings (SSSR count). The van der Waals surface area contributed by atoms with Crippen molar-refractivity contribution in [1.82, 2.24) is 15.4 Å². The monoisotopic (exact) mass is 291 g/mol. The maximum Gasteiger partial charge on any atom is 0.254 e. The number of H-pyrrole nitrogens is 1. The largest absolute Gasteiger partial charge is 0.336 e. The Hall–Kier alpha value is -2.94. The quantitative estimate of drug-likeness (QED) is 0.745. The second-order valence-electron chi connectivity index (χ2n) is 5.55. The van der Waals surface area contributed by atoms with Crippen LogP contribution < -0.4 is 0 Å². The number of fused-ring (bicyclic) bond motifs is 2. The van der Waals surface area contributed by atoms with Gasteiger partial charge in [-0.25, -0.2) is 4.99 Å². The molecule has 22 heavy (non-hydrogen) atoms. The molecule has 3 aromatic rings. The zero-order valence-corrected chi connectivity index (χ0v) is 12.2. The second kappa shape index (κ2) is 4.53. The first kappa shape index (κ1) is 12.8. The molecule has 1 aromatic carbocycles. The van der Waals surface area contributed by atoms with Gasteiger partial charge in [-0.15, -0.1) is 0 Å². The van der Waals surface area contributed by atoms with E-state index in [0.29, 0.717) is 5.88 Å². The fraction of sp³-hybridized carbons (Fsp3) is 0.250. The summed E-state index contributed by atoms with van der Waals surface area (Å²) in [5.41, 5.74) is 4.58. The predicted molar refractivity (Wildman–Crippen MR) is 81.0 cm³/mol. The normalized spacial score (nSPS) is 20.5. The highest BCUT2D eigenvalue weighted by Gasteiger charge is 2.35. The summed E-state index contributed by atoms with van der Waals surface area (Å²) in [4.78, 5) is 4.35. The third kappa shape index (κ3) is 1.69. The van der Waals surface area contributed by atoms with E-state index >= 15 is 0 Å². The molecule has 2 unspecified atom stereocenters. The van der Waals surface area contributed by atoms with Crippen LogP contribution in [0, 0.1) is 24.2 Å². The van der Waals surface area contributed by atoms with E-state index in [-0.39, 0.29) is 11.8 Å². The highest BCUT2D eigenvalue weighted by Crippen LogP contribution is 2.42. The Labute approximate surface area is 126 Å². The van der Waals surface area contributed by atoms with Crippen LogP contribution in [0.2, 0.25) is 0 Å². The Bertz CT molecular complexity index is 943. The lowest BCUT2D eigenvalue weighted by atomic mass is 9.78. The molecule has 0 fully saturated rings. The number of rotatable bonds is 1. The Balaban J connectivity index is 1.93. The molecule has 6 nitrogen and oxygen atoms in total. The fourth-order valence-electron chi connectivity index (χ4n) is 3.08. The molecule has 1 aliphatic rings. The van der Waals surface area contributed by atoms with E-state index in [1.165, 1.54) is 0 Å². The third-order valence-corrected chi connectivity index (χ3v) is 4.24. The molecule has 2 atom stereocenters. The number of aryl methyl sites for hydroxylation is 1. The maximum absolute atomic E-state index is 9.58. The maximum atomic E-state index is 9.58. The van der Waals surface area contributed by atoms with Crippen molar-refractivity contribution in [2.75, 3.05) is 0 Å². The molecular formula is C16H13N5O. The summed E-state index contributed by atoms with van der Waals surface area (Å²) >= 11 is 0. The standard InChI is InChI=1S/C16H13N5O/c1-8-12(6-17)15(13-7-18-22-16(13)19-8)10-3-4-14-11(5-10)9(2)20-21-14/h3-5,7,12,15H,1-2H3,(H,20,21). The molecule has 0 bridgehead atoms. The molecule has 0 saturated heterocycles. The molecular weight excluding hydrogens is 278 g/mol. The Morgan fingerprint density at radius 2 is 2.18 bits per heavy atom. The third-order valence-electron chi connectivity index (χ3n) is 4.24. The summed E-state index contributed by atoms with van der Waals surface area (Å²) in [6.07, 6.45) is 1.66. The average Bonchev–Trinajstić information content (AvgIpc) is 3.12. The topological polar surface area (TPSA) is 90.9 Å². The lowest BCUT2D eigenvalue weighted by Crippen LogP contribution is -2.22. The molecule has 0 amide bonds. The van der Waals surface area contributed by atoms with Gasteiger partial charge in [0, 0.05) is 28.3 Å². The highest BCUT2D eigenvalue weighted by molar-refractivity contribution is 5.92. The van der Waals surface area contributed by atoms with Gasteiger partial charge in [0.15, 0.2) is 0 Å². The van der Waals surface area contributed by atoms with Crippen LogP contribution in [0.3, 0.4) is 0 Å². The lowest BCUT2D eigenvalue weighted by molar-refractivity contribution is 0.427. The number of nitrogens with one attached hydrogen (secondary N) is 1. The smallest absolute Gasteiger partial charge is 0.254 e. The lowest BCUT2D eigenvalue weighted by Gasteiger charge is -2.24. The molecule has 6 heteroatoms. The van der Waals surface area contributed by atoms with Crippen LogP contribution in [0.15, 0.2) is 33.9 Å². The average molecular weight is 291 g/mol. The molecule has 108 valence electrons. The number of aromatic nitrogens is 3. The fourth-order valence-corrected chi connectivity index (χ4v) is 3.08. The van der Waals surface area contributed by atoms with Gasteiger partial charge in [0.05, 0.1) is 23.7 Å². The van der Waals surface area contributed by atoms with E-state index in [1.54, 1.807) is 6.20 Å². The number of benzene rings is 1. The van der Waals surface area contributed by atoms with E-state index < -0.39 is 0 Å².